The van der Waals surface area contributed by atoms with Crippen LogP contribution in [0.5, 0.6) is 0 Å². The molecule has 0 aliphatic heterocycles. The van der Waals surface area contributed by atoms with E-state index < -0.39 is 21.8 Å². The Morgan fingerprint density at radius 2 is 1.77 bits per heavy atom. The Bertz CT molecular complexity index is 623. The summed E-state index contributed by atoms with van der Waals surface area (Å²) in [6, 6.07) is 5.79. The van der Waals surface area contributed by atoms with E-state index >= 15 is 0 Å². The predicted molar refractivity (Wildman–Crippen MR) is 84.1 cm³/mol. The van der Waals surface area contributed by atoms with Crippen LogP contribution in [0, 0.1) is 6.92 Å². The number of sulfone groups is 1. The van der Waals surface area contributed by atoms with E-state index in [1.165, 1.54) is 12.1 Å². The lowest BCUT2D eigenvalue weighted by Gasteiger charge is -2.13. The first kappa shape index (κ1) is 18.2. The third kappa shape index (κ3) is 5.48. The lowest BCUT2D eigenvalue weighted by atomic mass is 10.2. The van der Waals surface area contributed by atoms with Gasteiger partial charge in [0.2, 0.25) is 11.8 Å². The molecule has 1 aromatic rings. The normalized spacial score (nSPS) is 12.5. The molecule has 122 valence electrons. The topological polar surface area (TPSA) is 92.3 Å². The molecule has 0 aromatic heterocycles. The molecule has 0 saturated heterocycles. The van der Waals surface area contributed by atoms with Crippen LogP contribution in [0.15, 0.2) is 29.2 Å². The first-order valence-electron chi connectivity index (χ1n) is 7.12. The van der Waals surface area contributed by atoms with Crippen molar-refractivity contribution in [1.82, 2.24) is 10.6 Å². The van der Waals surface area contributed by atoms with Crippen LogP contribution >= 0.6 is 0 Å². The maximum atomic E-state index is 12.1. The van der Waals surface area contributed by atoms with Crippen molar-refractivity contribution in [2.45, 2.75) is 38.1 Å². The van der Waals surface area contributed by atoms with E-state index in [1.54, 1.807) is 26.0 Å². The quantitative estimate of drug-likeness (QED) is 0.775. The van der Waals surface area contributed by atoms with Gasteiger partial charge >= 0.3 is 0 Å². The van der Waals surface area contributed by atoms with Crippen LogP contribution in [0.1, 0.15) is 25.8 Å². The minimum atomic E-state index is -3.50. The molecule has 0 unspecified atom stereocenters. The van der Waals surface area contributed by atoms with Crippen molar-refractivity contribution in [2.24, 2.45) is 0 Å². The fourth-order valence-corrected chi connectivity index (χ4v) is 3.04. The van der Waals surface area contributed by atoms with Gasteiger partial charge in [0, 0.05) is 13.0 Å². The zero-order valence-electron chi connectivity index (χ0n) is 13.0. The van der Waals surface area contributed by atoms with Crippen molar-refractivity contribution >= 4 is 21.7 Å². The second-order valence-corrected chi connectivity index (χ2v) is 7.17. The van der Waals surface area contributed by atoms with E-state index in [-0.39, 0.29) is 23.0 Å². The molecule has 1 atom stereocenters. The highest BCUT2D eigenvalue weighted by Crippen LogP contribution is 2.13. The summed E-state index contributed by atoms with van der Waals surface area (Å²) in [4.78, 5) is 23.4. The van der Waals surface area contributed by atoms with Crippen LogP contribution in [-0.4, -0.2) is 38.6 Å². The second-order valence-electron chi connectivity index (χ2n) is 5.07. The number of likely N-dealkylation sites (N-methyl/N-ethyl adjacent to an activating group) is 1. The van der Waals surface area contributed by atoms with Crippen LogP contribution in [0.25, 0.3) is 0 Å². The van der Waals surface area contributed by atoms with Crippen molar-refractivity contribution in [2.75, 3.05) is 12.3 Å². The number of benzene rings is 1. The van der Waals surface area contributed by atoms with Gasteiger partial charge in [0.1, 0.15) is 6.04 Å². The largest absolute Gasteiger partial charge is 0.355 e. The fourth-order valence-electron chi connectivity index (χ4n) is 1.80. The molecule has 0 bridgehead atoms. The van der Waals surface area contributed by atoms with Crippen LogP contribution in [-0.2, 0) is 19.4 Å². The predicted octanol–water partition coefficient (Wildman–Crippen LogP) is 0.800. The number of aryl methyl sites for hydroxylation is 1. The first-order chi connectivity index (χ1) is 10.3. The number of rotatable bonds is 7. The molecule has 0 heterocycles. The van der Waals surface area contributed by atoms with E-state index in [0.717, 1.165) is 5.56 Å². The minimum absolute atomic E-state index is 0.181. The summed E-state index contributed by atoms with van der Waals surface area (Å²) in [6.07, 6.45) is -0.181. The molecular weight excluding hydrogens is 304 g/mol. The Morgan fingerprint density at radius 3 is 2.32 bits per heavy atom. The molecule has 7 heteroatoms. The molecule has 0 spiro atoms. The summed E-state index contributed by atoms with van der Waals surface area (Å²) in [5.41, 5.74) is 0.965. The molecule has 6 nitrogen and oxygen atoms in total. The van der Waals surface area contributed by atoms with E-state index in [4.69, 9.17) is 0 Å². The maximum absolute atomic E-state index is 12.1. The molecule has 1 aromatic carbocycles. The summed E-state index contributed by atoms with van der Waals surface area (Å²) in [6.45, 7) is 5.67. The number of hydrogen-bond donors (Lipinski definition) is 2. The number of carbonyl (C=O) groups excluding carboxylic acids is 2. The van der Waals surface area contributed by atoms with Gasteiger partial charge in [-0.2, -0.15) is 0 Å². The van der Waals surface area contributed by atoms with Gasteiger partial charge in [-0.3, -0.25) is 9.59 Å². The number of carbonyl (C=O) groups is 2. The fraction of sp³-hybridized carbons (Fsp3) is 0.467. The zero-order valence-corrected chi connectivity index (χ0v) is 13.9. The van der Waals surface area contributed by atoms with E-state index in [9.17, 15) is 18.0 Å². The second kappa shape index (κ2) is 7.93. The molecule has 0 aliphatic carbocycles. The first-order valence-corrected chi connectivity index (χ1v) is 8.78. The highest BCUT2D eigenvalue weighted by Gasteiger charge is 2.19. The molecule has 1 rings (SSSR count). The Hall–Kier alpha value is -1.89. The van der Waals surface area contributed by atoms with Gasteiger partial charge in [0.05, 0.1) is 10.6 Å². The summed E-state index contributed by atoms with van der Waals surface area (Å²) in [5.74, 6) is -1.05. The monoisotopic (exact) mass is 326 g/mol. The highest BCUT2D eigenvalue weighted by molar-refractivity contribution is 7.91. The highest BCUT2D eigenvalue weighted by atomic mass is 32.2. The Morgan fingerprint density at radius 1 is 1.18 bits per heavy atom. The van der Waals surface area contributed by atoms with Crippen LogP contribution in [0.2, 0.25) is 0 Å². The van der Waals surface area contributed by atoms with Gasteiger partial charge in [-0.05, 0) is 32.9 Å². The lowest BCUT2D eigenvalue weighted by molar-refractivity contribution is -0.128. The Balaban J connectivity index is 2.56. The average molecular weight is 326 g/mol. The smallest absolute Gasteiger partial charge is 0.242 e. The van der Waals surface area contributed by atoms with Gasteiger partial charge < -0.3 is 10.6 Å². The molecule has 0 aliphatic rings. The third-order valence-electron chi connectivity index (χ3n) is 3.10. The molecule has 2 N–H and O–H groups in total. The van der Waals surface area contributed by atoms with E-state index in [2.05, 4.69) is 10.6 Å². The van der Waals surface area contributed by atoms with Crippen LogP contribution in [0.3, 0.4) is 0 Å². The number of hydrogen-bond acceptors (Lipinski definition) is 4. The third-order valence-corrected chi connectivity index (χ3v) is 4.83. The summed E-state index contributed by atoms with van der Waals surface area (Å²) < 4.78 is 24.2. The molecule has 0 fully saturated rings. The summed E-state index contributed by atoms with van der Waals surface area (Å²) in [5, 5.41) is 5.06. The molecule has 0 radical (unpaired) electrons. The Labute approximate surface area is 131 Å². The summed E-state index contributed by atoms with van der Waals surface area (Å²) >= 11 is 0. The van der Waals surface area contributed by atoms with Crippen molar-refractivity contribution < 1.29 is 18.0 Å². The van der Waals surface area contributed by atoms with Crippen LogP contribution < -0.4 is 10.6 Å². The SMILES string of the molecule is CCNC(=O)[C@H](C)NC(=O)CCS(=O)(=O)c1ccc(C)cc1. The number of nitrogens with one attached hydrogen (secondary N) is 2. The van der Waals surface area contributed by atoms with E-state index in [0.29, 0.717) is 6.54 Å². The van der Waals surface area contributed by atoms with Crippen molar-refractivity contribution in [3.05, 3.63) is 29.8 Å². The zero-order chi connectivity index (χ0) is 16.8. The van der Waals surface area contributed by atoms with Crippen molar-refractivity contribution in [3.8, 4) is 0 Å². The van der Waals surface area contributed by atoms with Gasteiger partial charge in [0.25, 0.3) is 0 Å². The van der Waals surface area contributed by atoms with Crippen molar-refractivity contribution in [3.63, 3.8) is 0 Å². The van der Waals surface area contributed by atoms with E-state index in [1.807, 2.05) is 6.92 Å². The molecule has 2 amide bonds. The molecular formula is C15H22N2O4S. The maximum Gasteiger partial charge on any atom is 0.242 e. The van der Waals surface area contributed by atoms with Crippen LogP contribution in [0.4, 0.5) is 0 Å². The lowest BCUT2D eigenvalue weighted by Crippen LogP contribution is -2.45. The van der Waals surface area contributed by atoms with Crippen molar-refractivity contribution in [1.29, 1.82) is 0 Å². The van der Waals surface area contributed by atoms with Gasteiger partial charge in [-0.1, -0.05) is 17.7 Å². The molecule has 0 saturated carbocycles. The summed E-state index contributed by atoms with van der Waals surface area (Å²) in [7, 11) is -3.50. The van der Waals surface area contributed by atoms with Gasteiger partial charge in [-0.15, -0.1) is 0 Å². The standard InChI is InChI=1S/C15H22N2O4S/c1-4-16-15(19)12(3)17-14(18)9-10-22(20,21)13-7-5-11(2)6-8-13/h5-8,12H,4,9-10H2,1-3H3,(H,16,19)(H,17,18)/t12-/m0/s1. The number of amides is 2. The minimum Gasteiger partial charge on any atom is -0.355 e. The Kier molecular flexibility index (Phi) is 6.55. The van der Waals surface area contributed by atoms with Gasteiger partial charge in [0.15, 0.2) is 9.84 Å². The molecule has 22 heavy (non-hydrogen) atoms. The average Bonchev–Trinajstić information content (AvgIpc) is 2.46. The van der Waals surface area contributed by atoms with Gasteiger partial charge in [-0.25, -0.2) is 8.42 Å².